The van der Waals surface area contributed by atoms with Gasteiger partial charge < -0.3 is 10.1 Å². The number of rotatable bonds is 6. The van der Waals surface area contributed by atoms with Crippen LogP contribution in [-0.2, 0) is 13.2 Å². The van der Waals surface area contributed by atoms with E-state index in [1.165, 1.54) is 30.5 Å². The summed E-state index contributed by atoms with van der Waals surface area (Å²) in [5.41, 5.74) is 2.38. The van der Waals surface area contributed by atoms with E-state index in [9.17, 15) is 4.39 Å². The van der Waals surface area contributed by atoms with Crippen LogP contribution in [0.4, 0.5) is 4.39 Å². The quantitative estimate of drug-likeness (QED) is 0.833. The molecule has 2 aromatic rings. The maximum Gasteiger partial charge on any atom is 0.134 e. The van der Waals surface area contributed by atoms with Crippen LogP contribution in [-0.4, -0.2) is 6.04 Å². The smallest absolute Gasteiger partial charge is 0.134 e. The minimum absolute atomic E-state index is 0.276. The van der Waals surface area contributed by atoms with Crippen LogP contribution in [0.25, 0.3) is 0 Å². The maximum atomic E-state index is 13.0. The molecule has 1 fully saturated rings. The first-order valence-corrected chi connectivity index (χ1v) is 7.89. The summed E-state index contributed by atoms with van der Waals surface area (Å²) in [5.74, 6) is 0.373. The molecule has 3 rings (SSSR count). The van der Waals surface area contributed by atoms with Crippen molar-refractivity contribution in [3.8, 4) is 5.75 Å². The van der Waals surface area contributed by atoms with E-state index in [4.69, 9.17) is 4.74 Å². The van der Waals surface area contributed by atoms with Gasteiger partial charge in [0.2, 0.25) is 0 Å². The standard InChI is InChI=1S/C17H17BrFNO/c18-16-9-14(19)5-8-17(16)21-11-13-3-1-12(2-4-13)10-20-15-6-7-15/h1-5,8-9,15,20H,6-7,10-11H2. The number of nitrogens with one attached hydrogen (secondary N) is 1. The molecule has 0 saturated heterocycles. The van der Waals surface area contributed by atoms with Gasteiger partial charge in [0.05, 0.1) is 4.47 Å². The number of hydrogen-bond acceptors (Lipinski definition) is 2. The molecule has 110 valence electrons. The van der Waals surface area contributed by atoms with Gasteiger partial charge in [-0.1, -0.05) is 24.3 Å². The first-order valence-electron chi connectivity index (χ1n) is 7.10. The van der Waals surface area contributed by atoms with Crippen LogP contribution in [0.2, 0.25) is 0 Å². The minimum atomic E-state index is -0.276. The summed E-state index contributed by atoms with van der Waals surface area (Å²) in [7, 11) is 0. The van der Waals surface area contributed by atoms with Gasteiger partial charge in [-0.05, 0) is 58.1 Å². The number of hydrogen-bond donors (Lipinski definition) is 1. The predicted octanol–water partition coefficient (Wildman–Crippen LogP) is 4.42. The minimum Gasteiger partial charge on any atom is -0.488 e. The monoisotopic (exact) mass is 349 g/mol. The molecule has 0 spiro atoms. The number of halogens is 2. The summed E-state index contributed by atoms with van der Waals surface area (Å²) in [5, 5.41) is 3.49. The topological polar surface area (TPSA) is 21.3 Å². The highest BCUT2D eigenvalue weighted by Crippen LogP contribution is 2.26. The van der Waals surface area contributed by atoms with Crippen molar-refractivity contribution in [1.29, 1.82) is 0 Å². The zero-order valence-corrected chi connectivity index (χ0v) is 13.2. The van der Waals surface area contributed by atoms with Gasteiger partial charge in [0.25, 0.3) is 0 Å². The molecule has 1 aliphatic rings. The highest BCUT2D eigenvalue weighted by Gasteiger charge is 2.19. The molecule has 2 aromatic carbocycles. The third-order valence-electron chi connectivity index (χ3n) is 3.48. The van der Waals surface area contributed by atoms with Gasteiger partial charge in [0, 0.05) is 12.6 Å². The summed E-state index contributed by atoms with van der Waals surface area (Å²) in [6.07, 6.45) is 2.61. The summed E-state index contributed by atoms with van der Waals surface area (Å²) in [4.78, 5) is 0. The molecular weight excluding hydrogens is 333 g/mol. The second-order valence-corrected chi connectivity index (χ2v) is 6.19. The van der Waals surface area contributed by atoms with E-state index >= 15 is 0 Å². The third-order valence-corrected chi connectivity index (χ3v) is 4.10. The highest BCUT2D eigenvalue weighted by atomic mass is 79.9. The average molecular weight is 350 g/mol. The molecule has 2 nitrogen and oxygen atoms in total. The molecule has 0 aromatic heterocycles. The SMILES string of the molecule is Fc1ccc(OCc2ccc(CNC3CC3)cc2)c(Br)c1. The number of benzene rings is 2. The van der Waals surface area contributed by atoms with Crippen molar-refractivity contribution in [3.63, 3.8) is 0 Å². The second kappa shape index (κ2) is 6.58. The fourth-order valence-corrected chi connectivity index (χ4v) is 2.52. The van der Waals surface area contributed by atoms with Crippen molar-refractivity contribution in [3.05, 3.63) is 63.9 Å². The van der Waals surface area contributed by atoms with Gasteiger partial charge in [0.1, 0.15) is 18.2 Å². The van der Waals surface area contributed by atoms with E-state index in [0.29, 0.717) is 16.8 Å². The Hall–Kier alpha value is -1.39. The van der Waals surface area contributed by atoms with E-state index < -0.39 is 0 Å². The number of ether oxygens (including phenoxy) is 1. The van der Waals surface area contributed by atoms with Crippen molar-refractivity contribution in [2.75, 3.05) is 0 Å². The third kappa shape index (κ3) is 4.29. The Balaban J connectivity index is 1.54. The lowest BCUT2D eigenvalue weighted by molar-refractivity contribution is 0.303. The van der Waals surface area contributed by atoms with Crippen LogP contribution in [0, 0.1) is 5.82 Å². The van der Waals surface area contributed by atoms with Crippen molar-refractivity contribution >= 4 is 15.9 Å². The van der Waals surface area contributed by atoms with Crippen LogP contribution in [0.15, 0.2) is 46.9 Å². The normalized spacial score (nSPS) is 14.2. The summed E-state index contributed by atoms with van der Waals surface area (Å²) >= 11 is 3.30. The summed E-state index contributed by atoms with van der Waals surface area (Å²) in [6.45, 7) is 1.40. The van der Waals surface area contributed by atoms with Crippen molar-refractivity contribution in [1.82, 2.24) is 5.32 Å². The Morgan fingerprint density at radius 3 is 2.48 bits per heavy atom. The molecular formula is C17H17BrFNO. The lowest BCUT2D eigenvalue weighted by Gasteiger charge is -2.09. The Morgan fingerprint density at radius 2 is 1.81 bits per heavy atom. The van der Waals surface area contributed by atoms with E-state index in [1.54, 1.807) is 6.07 Å². The molecule has 1 aliphatic carbocycles. The van der Waals surface area contributed by atoms with E-state index in [-0.39, 0.29) is 5.82 Å². The average Bonchev–Trinajstić information content (AvgIpc) is 3.30. The molecule has 1 saturated carbocycles. The molecule has 0 bridgehead atoms. The van der Waals surface area contributed by atoms with Crippen LogP contribution >= 0.6 is 15.9 Å². The lowest BCUT2D eigenvalue weighted by atomic mass is 10.1. The van der Waals surface area contributed by atoms with Crippen molar-refractivity contribution < 1.29 is 9.13 Å². The summed E-state index contributed by atoms with van der Waals surface area (Å²) in [6, 6.07) is 13.5. The zero-order chi connectivity index (χ0) is 14.7. The largest absolute Gasteiger partial charge is 0.488 e. The molecule has 0 amide bonds. The fraction of sp³-hybridized carbons (Fsp3) is 0.294. The molecule has 0 atom stereocenters. The Labute approximate surface area is 132 Å². The van der Waals surface area contributed by atoms with Gasteiger partial charge in [-0.2, -0.15) is 0 Å². The Morgan fingerprint density at radius 1 is 1.10 bits per heavy atom. The second-order valence-electron chi connectivity index (χ2n) is 5.34. The van der Waals surface area contributed by atoms with E-state index in [2.05, 4.69) is 45.5 Å². The Bertz CT molecular complexity index is 611. The van der Waals surface area contributed by atoms with Gasteiger partial charge >= 0.3 is 0 Å². The van der Waals surface area contributed by atoms with Gasteiger partial charge in [-0.25, -0.2) is 4.39 Å². The first-order chi connectivity index (χ1) is 10.2. The van der Waals surface area contributed by atoms with Crippen molar-refractivity contribution in [2.24, 2.45) is 0 Å². The van der Waals surface area contributed by atoms with Crippen LogP contribution < -0.4 is 10.1 Å². The molecule has 1 N–H and O–H groups in total. The fourth-order valence-electron chi connectivity index (χ4n) is 2.06. The van der Waals surface area contributed by atoms with Gasteiger partial charge in [-0.15, -0.1) is 0 Å². The maximum absolute atomic E-state index is 13.0. The zero-order valence-electron chi connectivity index (χ0n) is 11.6. The van der Waals surface area contributed by atoms with Gasteiger partial charge in [-0.3, -0.25) is 0 Å². The lowest BCUT2D eigenvalue weighted by Crippen LogP contribution is -2.15. The van der Waals surface area contributed by atoms with E-state index in [0.717, 1.165) is 18.2 Å². The molecule has 4 heteroatoms. The van der Waals surface area contributed by atoms with Crippen molar-refractivity contribution in [2.45, 2.75) is 32.0 Å². The van der Waals surface area contributed by atoms with Crippen LogP contribution in [0.1, 0.15) is 24.0 Å². The predicted molar refractivity (Wildman–Crippen MR) is 84.7 cm³/mol. The van der Waals surface area contributed by atoms with Gasteiger partial charge in [0.15, 0.2) is 0 Å². The van der Waals surface area contributed by atoms with E-state index in [1.807, 2.05) is 0 Å². The first kappa shape index (κ1) is 14.5. The highest BCUT2D eigenvalue weighted by molar-refractivity contribution is 9.10. The summed E-state index contributed by atoms with van der Waals surface area (Å²) < 4.78 is 19.3. The van der Waals surface area contributed by atoms with Crippen LogP contribution in [0.3, 0.4) is 0 Å². The van der Waals surface area contributed by atoms with Crippen LogP contribution in [0.5, 0.6) is 5.75 Å². The Kier molecular flexibility index (Phi) is 4.56. The molecule has 0 radical (unpaired) electrons. The molecule has 0 aliphatic heterocycles. The molecule has 21 heavy (non-hydrogen) atoms. The molecule has 0 heterocycles. The molecule has 0 unspecified atom stereocenters.